The number of carboxylic acids is 1. The van der Waals surface area contributed by atoms with Gasteiger partial charge < -0.3 is 28.9 Å². The minimum atomic E-state index is -0.884. The van der Waals surface area contributed by atoms with E-state index in [4.69, 9.17) is 9.47 Å². The molecule has 3 heterocycles. The molecule has 9 heteroatoms. The Morgan fingerprint density at radius 3 is 2.43 bits per heavy atom. The summed E-state index contributed by atoms with van der Waals surface area (Å²) in [4.78, 5) is 25.8. The molecule has 4 aromatic rings. The van der Waals surface area contributed by atoms with Gasteiger partial charge in [-0.15, -0.1) is 0 Å². The molecule has 222 valence electrons. The number of likely N-dealkylation sites (N-methyl/N-ethyl adjacent to an activating group) is 1. The Bertz CT molecular complexity index is 1630. The topological polar surface area (TPSA) is 93.0 Å². The average molecular weight is 572 g/mol. The average Bonchev–Trinajstić information content (AvgIpc) is 3.23. The first-order valence-corrected chi connectivity index (χ1v) is 14.4. The van der Waals surface area contributed by atoms with Crippen molar-refractivity contribution in [2.24, 2.45) is 0 Å². The van der Waals surface area contributed by atoms with Gasteiger partial charge in [0, 0.05) is 36.3 Å². The van der Waals surface area contributed by atoms with E-state index < -0.39 is 11.6 Å². The standard InChI is InChI=1S/C33H41N5O4/c1-20-9-10-24(27(15-20)42-33(4,5)6)29-25(17-28(39)40)22(3)30-31-26(29)16-21(2)37(31)11-12-38(30)32-34-18-23(19-35-32)41-14-13-36(7)8/h9-10,15-16,18-19H,11-14,17H2,1-8H3,(H,39,40). The van der Waals surface area contributed by atoms with Crippen LogP contribution in [0.15, 0.2) is 36.7 Å². The second-order valence-electron chi connectivity index (χ2n) is 12.3. The van der Waals surface area contributed by atoms with Crippen LogP contribution in [0.3, 0.4) is 0 Å². The molecule has 0 radical (unpaired) electrons. The fraction of sp³-hybridized carbons (Fsp3) is 0.424. The number of benzene rings is 2. The van der Waals surface area contributed by atoms with Crippen LogP contribution in [0.25, 0.3) is 22.0 Å². The largest absolute Gasteiger partial charge is 0.489 e. The number of aromatic nitrogens is 3. The fourth-order valence-corrected chi connectivity index (χ4v) is 5.72. The maximum Gasteiger partial charge on any atom is 0.307 e. The lowest BCUT2D eigenvalue weighted by Gasteiger charge is -2.33. The summed E-state index contributed by atoms with van der Waals surface area (Å²) in [6.07, 6.45) is 3.29. The number of carbonyl (C=O) groups is 1. The molecule has 9 nitrogen and oxygen atoms in total. The van der Waals surface area contributed by atoms with Gasteiger partial charge in [-0.2, -0.15) is 0 Å². The molecule has 0 spiro atoms. The number of anilines is 2. The molecule has 0 saturated carbocycles. The van der Waals surface area contributed by atoms with E-state index >= 15 is 0 Å². The van der Waals surface area contributed by atoms with Gasteiger partial charge in [0.15, 0.2) is 5.75 Å². The summed E-state index contributed by atoms with van der Waals surface area (Å²) in [5, 5.41) is 11.1. The summed E-state index contributed by atoms with van der Waals surface area (Å²) in [6.45, 7) is 15.0. The molecule has 0 amide bonds. The predicted octanol–water partition coefficient (Wildman–Crippen LogP) is 5.92. The van der Waals surface area contributed by atoms with E-state index in [2.05, 4.69) is 49.5 Å². The van der Waals surface area contributed by atoms with Gasteiger partial charge in [0.25, 0.3) is 0 Å². The summed E-state index contributed by atoms with van der Waals surface area (Å²) in [6, 6.07) is 8.33. The van der Waals surface area contributed by atoms with Crippen molar-refractivity contribution in [3.63, 3.8) is 0 Å². The summed E-state index contributed by atoms with van der Waals surface area (Å²) in [5.74, 6) is 1.04. The highest BCUT2D eigenvalue weighted by Gasteiger charge is 2.31. The normalized spacial score (nSPS) is 13.2. The van der Waals surface area contributed by atoms with Crippen molar-refractivity contribution in [2.45, 2.75) is 60.1 Å². The zero-order valence-electron chi connectivity index (χ0n) is 25.9. The van der Waals surface area contributed by atoms with Crippen LogP contribution in [0, 0.1) is 20.8 Å². The Balaban J connectivity index is 1.70. The molecule has 0 aliphatic carbocycles. The third kappa shape index (κ3) is 5.79. The maximum absolute atomic E-state index is 12.3. The molecule has 2 aromatic heterocycles. The molecule has 0 atom stereocenters. The number of nitrogens with zero attached hydrogens (tertiary/aromatic N) is 5. The van der Waals surface area contributed by atoms with E-state index in [9.17, 15) is 9.90 Å². The zero-order chi connectivity index (χ0) is 30.3. The second kappa shape index (κ2) is 11.3. The van der Waals surface area contributed by atoms with Crippen molar-refractivity contribution in [3.8, 4) is 22.6 Å². The van der Waals surface area contributed by atoms with Gasteiger partial charge in [-0.05, 0) is 90.0 Å². The molecule has 0 fully saturated rings. The SMILES string of the molecule is Cc1ccc(-c2c(CC(=O)O)c(C)c3c4c2cc(C)n4CCN3c2ncc(OCCN(C)C)cn2)c(OC(C)(C)C)c1. The monoisotopic (exact) mass is 571 g/mol. The van der Waals surface area contributed by atoms with Crippen LogP contribution in [-0.4, -0.2) is 69.9 Å². The summed E-state index contributed by atoms with van der Waals surface area (Å²) in [5.41, 5.74) is 7.23. The summed E-state index contributed by atoms with van der Waals surface area (Å²) >= 11 is 0. The number of aliphatic carboxylic acids is 1. The van der Waals surface area contributed by atoms with Gasteiger partial charge >= 0.3 is 5.97 Å². The first-order chi connectivity index (χ1) is 19.8. The maximum atomic E-state index is 12.3. The van der Waals surface area contributed by atoms with Crippen LogP contribution >= 0.6 is 0 Å². The minimum absolute atomic E-state index is 0.121. The van der Waals surface area contributed by atoms with Crippen molar-refractivity contribution in [1.82, 2.24) is 19.4 Å². The van der Waals surface area contributed by atoms with Crippen molar-refractivity contribution in [1.29, 1.82) is 0 Å². The van der Waals surface area contributed by atoms with Crippen LogP contribution in [0.4, 0.5) is 11.6 Å². The smallest absolute Gasteiger partial charge is 0.307 e. The third-order valence-electron chi connectivity index (χ3n) is 7.54. The second-order valence-corrected chi connectivity index (χ2v) is 12.3. The highest BCUT2D eigenvalue weighted by molar-refractivity contribution is 6.08. The number of ether oxygens (including phenoxy) is 2. The van der Waals surface area contributed by atoms with Gasteiger partial charge in [-0.1, -0.05) is 12.1 Å². The lowest BCUT2D eigenvalue weighted by atomic mass is 9.88. The Morgan fingerprint density at radius 1 is 1.07 bits per heavy atom. The first kappa shape index (κ1) is 29.4. The molecule has 2 aromatic carbocycles. The van der Waals surface area contributed by atoms with Gasteiger partial charge in [0.2, 0.25) is 5.95 Å². The van der Waals surface area contributed by atoms with Crippen molar-refractivity contribution < 1.29 is 19.4 Å². The van der Waals surface area contributed by atoms with Crippen molar-refractivity contribution in [3.05, 3.63) is 59.0 Å². The van der Waals surface area contributed by atoms with Gasteiger partial charge in [0.1, 0.15) is 18.0 Å². The van der Waals surface area contributed by atoms with E-state index in [0.717, 1.165) is 68.9 Å². The van der Waals surface area contributed by atoms with Crippen LogP contribution in [-0.2, 0) is 17.8 Å². The lowest BCUT2D eigenvalue weighted by Crippen LogP contribution is -2.30. The van der Waals surface area contributed by atoms with E-state index in [1.165, 1.54) is 0 Å². The minimum Gasteiger partial charge on any atom is -0.489 e. The van der Waals surface area contributed by atoms with Gasteiger partial charge in [0.05, 0.1) is 30.0 Å². The molecule has 1 aliphatic rings. The number of carboxylic acid groups (broad SMARTS) is 1. The van der Waals surface area contributed by atoms with E-state index in [-0.39, 0.29) is 6.42 Å². The molecule has 0 saturated heterocycles. The Morgan fingerprint density at radius 2 is 1.79 bits per heavy atom. The predicted molar refractivity (Wildman–Crippen MR) is 166 cm³/mol. The molecular weight excluding hydrogens is 530 g/mol. The van der Waals surface area contributed by atoms with Crippen LogP contribution < -0.4 is 14.4 Å². The van der Waals surface area contributed by atoms with Crippen molar-refractivity contribution in [2.75, 3.05) is 38.7 Å². The highest BCUT2D eigenvalue weighted by atomic mass is 16.5. The molecule has 1 aliphatic heterocycles. The number of aryl methyl sites for hydroxylation is 2. The van der Waals surface area contributed by atoms with Crippen LogP contribution in [0.2, 0.25) is 0 Å². The first-order valence-electron chi connectivity index (χ1n) is 14.4. The Hall–Kier alpha value is -4.11. The van der Waals surface area contributed by atoms with E-state index in [1.807, 2.05) is 54.8 Å². The third-order valence-corrected chi connectivity index (χ3v) is 7.54. The number of hydrogen-bond donors (Lipinski definition) is 1. The summed E-state index contributed by atoms with van der Waals surface area (Å²) in [7, 11) is 4.00. The Labute approximate surface area is 247 Å². The van der Waals surface area contributed by atoms with Crippen LogP contribution in [0.5, 0.6) is 11.5 Å². The van der Waals surface area contributed by atoms with Crippen LogP contribution in [0.1, 0.15) is 43.2 Å². The lowest BCUT2D eigenvalue weighted by molar-refractivity contribution is -0.136. The molecule has 5 rings (SSSR count). The molecule has 1 N–H and O–H groups in total. The zero-order valence-corrected chi connectivity index (χ0v) is 25.9. The fourth-order valence-electron chi connectivity index (χ4n) is 5.72. The molecular formula is C33H41N5O4. The van der Waals surface area contributed by atoms with Gasteiger partial charge in [-0.25, -0.2) is 9.97 Å². The summed E-state index contributed by atoms with van der Waals surface area (Å²) < 4.78 is 14.6. The number of hydrogen-bond acceptors (Lipinski definition) is 7. The highest BCUT2D eigenvalue weighted by Crippen LogP contribution is 2.48. The number of rotatable bonds is 9. The van der Waals surface area contributed by atoms with E-state index in [1.54, 1.807) is 12.4 Å². The quantitative estimate of drug-likeness (QED) is 0.265. The Kier molecular flexibility index (Phi) is 7.90. The molecule has 0 unspecified atom stereocenters. The van der Waals surface area contributed by atoms with Gasteiger partial charge in [-0.3, -0.25) is 4.79 Å². The molecule has 42 heavy (non-hydrogen) atoms. The van der Waals surface area contributed by atoms with Crippen molar-refractivity contribution >= 4 is 28.5 Å². The van der Waals surface area contributed by atoms with E-state index in [0.29, 0.717) is 24.8 Å². The molecule has 0 bridgehead atoms.